The largest absolute Gasteiger partial charge is 0.362 e. The van der Waals surface area contributed by atoms with Crippen LogP contribution >= 0.6 is 15.9 Å². The summed E-state index contributed by atoms with van der Waals surface area (Å²) in [5.41, 5.74) is 4.46. The molecule has 0 unspecified atom stereocenters. The van der Waals surface area contributed by atoms with Crippen molar-refractivity contribution >= 4 is 33.2 Å². The number of amides is 1. The van der Waals surface area contributed by atoms with E-state index in [9.17, 15) is 4.79 Å². The van der Waals surface area contributed by atoms with Crippen LogP contribution in [0.2, 0.25) is 0 Å². The first-order valence-corrected chi connectivity index (χ1v) is 8.31. The smallest absolute Gasteiger partial charge is 0.243 e. The number of halogens is 1. The third-order valence-electron chi connectivity index (χ3n) is 4.00. The molecule has 0 saturated heterocycles. The van der Waals surface area contributed by atoms with Crippen LogP contribution in [0, 0.1) is 6.92 Å². The van der Waals surface area contributed by atoms with Crippen LogP contribution in [-0.2, 0) is 11.2 Å². The molecule has 0 fully saturated rings. The number of anilines is 2. The van der Waals surface area contributed by atoms with Crippen molar-refractivity contribution in [3.8, 4) is 0 Å². The van der Waals surface area contributed by atoms with Crippen molar-refractivity contribution in [2.45, 2.75) is 19.8 Å². The Morgan fingerprint density at radius 2 is 2.09 bits per heavy atom. The number of para-hydroxylation sites is 1. The second-order valence-corrected chi connectivity index (χ2v) is 6.58. The summed E-state index contributed by atoms with van der Waals surface area (Å²) in [5.74, 6) is 0.0297. The molecule has 0 aliphatic carbocycles. The van der Waals surface area contributed by atoms with Gasteiger partial charge in [-0.15, -0.1) is 0 Å². The molecule has 0 atom stereocenters. The number of aryl methyl sites for hydroxylation is 2. The van der Waals surface area contributed by atoms with E-state index in [0.717, 1.165) is 35.1 Å². The lowest BCUT2D eigenvalue weighted by Gasteiger charge is -2.30. The standard InChI is InChI=1S/C18H19BrN2O/c1-13-11-15(19)8-9-16(13)20-18(22)12-21-10-4-6-14-5-2-3-7-17(14)21/h2-3,5,7-9,11H,4,6,10,12H2,1H3,(H,20,22). The predicted octanol–water partition coefficient (Wildman–Crippen LogP) is 4.15. The molecule has 0 saturated carbocycles. The maximum atomic E-state index is 12.4. The number of hydrogen-bond acceptors (Lipinski definition) is 2. The fourth-order valence-electron chi connectivity index (χ4n) is 2.91. The first-order chi connectivity index (χ1) is 10.6. The molecule has 2 aromatic rings. The zero-order valence-corrected chi connectivity index (χ0v) is 14.2. The number of nitrogens with one attached hydrogen (secondary N) is 1. The summed E-state index contributed by atoms with van der Waals surface area (Å²) >= 11 is 3.44. The summed E-state index contributed by atoms with van der Waals surface area (Å²) < 4.78 is 1.02. The van der Waals surface area contributed by atoms with Gasteiger partial charge < -0.3 is 10.2 Å². The van der Waals surface area contributed by atoms with Gasteiger partial charge in [0.15, 0.2) is 0 Å². The Morgan fingerprint density at radius 1 is 1.27 bits per heavy atom. The van der Waals surface area contributed by atoms with Crippen molar-refractivity contribution in [2.24, 2.45) is 0 Å². The van der Waals surface area contributed by atoms with Gasteiger partial charge in [-0.3, -0.25) is 4.79 Å². The van der Waals surface area contributed by atoms with Gasteiger partial charge in [-0.05, 0) is 55.2 Å². The molecule has 1 aliphatic heterocycles. The van der Waals surface area contributed by atoms with E-state index >= 15 is 0 Å². The van der Waals surface area contributed by atoms with Crippen LogP contribution in [0.3, 0.4) is 0 Å². The quantitative estimate of drug-likeness (QED) is 0.893. The Bertz CT molecular complexity index is 699. The molecule has 0 bridgehead atoms. The van der Waals surface area contributed by atoms with Gasteiger partial charge in [0.25, 0.3) is 0 Å². The minimum absolute atomic E-state index is 0.0297. The van der Waals surface area contributed by atoms with E-state index in [1.165, 1.54) is 11.3 Å². The molecule has 2 aromatic carbocycles. The molecular formula is C18H19BrN2O. The fourth-order valence-corrected chi connectivity index (χ4v) is 3.38. The van der Waals surface area contributed by atoms with Crippen molar-refractivity contribution in [1.82, 2.24) is 0 Å². The van der Waals surface area contributed by atoms with Crippen LogP contribution in [-0.4, -0.2) is 19.0 Å². The topological polar surface area (TPSA) is 32.3 Å². The van der Waals surface area contributed by atoms with E-state index in [4.69, 9.17) is 0 Å². The number of carbonyl (C=O) groups excluding carboxylic acids is 1. The van der Waals surface area contributed by atoms with Crippen LogP contribution in [0.4, 0.5) is 11.4 Å². The SMILES string of the molecule is Cc1cc(Br)ccc1NC(=O)CN1CCCc2ccccc21. The average Bonchev–Trinajstić information content (AvgIpc) is 2.50. The Kier molecular flexibility index (Phi) is 4.48. The highest BCUT2D eigenvalue weighted by atomic mass is 79.9. The molecule has 114 valence electrons. The van der Waals surface area contributed by atoms with Crippen LogP contribution < -0.4 is 10.2 Å². The second kappa shape index (κ2) is 6.53. The first kappa shape index (κ1) is 15.1. The van der Waals surface area contributed by atoms with E-state index in [-0.39, 0.29) is 5.91 Å². The van der Waals surface area contributed by atoms with Crippen LogP contribution in [0.15, 0.2) is 46.9 Å². The maximum absolute atomic E-state index is 12.4. The Labute approximate surface area is 139 Å². The molecule has 3 nitrogen and oxygen atoms in total. The summed E-state index contributed by atoms with van der Waals surface area (Å²) in [6.45, 7) is 3.33. The van der Waals surface area contributed by atoms with Crippen molar-refractivity contribution in [1.29, 1.82) is 0 Å². The summed E-state index contributed by atoms with van der Waals surface area (Å²) in [6, 6.07) is 14.2. The van der Waals surface area contributed by atoms with Gasteiger partial charge in [0.1, 0.15) is 0 Å². The molecule has 22 heavy (non-hydrogen) atoms. The van der Waals surface area contributed by atoms with Gasteiger partial charge >= 0.3 is 0 Å². The minimum atomic E-state index is 0.0297. The fraction of sp³-hybridized carbons (Fsp3) is 0.278. The zero-order valence-electron chi connectivity index (χ0n) is 12.6. The third-order valence-corrected chi connectivity index (χ3v) is 4.50. The highest BCUT2D eigenvalue weighted by Crippen LogP contribution is 2.26. The number of benzene rings is 2. The Morgan fingerprint density at radius 3 is 2.91 bits per heavy atom. The van der Waals surface area contributed by atoms with E-state index in [0.29, 0.717) is 6.54 Å². The van der Waals surface area contributed by atoms with Crippen LogP contribution in [0.5, 0.6) is 0 Å². The Balaban J connectivity index is 1.70. The molecule has 0 aromatic heterocycles. The molecule has 1 aliphatic rings. The van der Waals surface area contributed by atoms with Gasteiger partial charge in [-0.2, -0.15) is 0 Å². The summed E-state index contributed by atoms with van der Waals surface area (Å²) in [4.78, 5) is 14.5. The van der Waals surface area contributed by atoms with Gasteiger partial charge in [-0.25, -0.2) is 0 Å². The number of nitrogens with zero attached hydrogens (tertiary/aromatic N) is 1. The second-order valence-electron chi connectivity index (χ2n) is 5.66. The van der Waals surface area contributed by atoms with Crippen molar-refractivity contribution in [3.05, 3.63) is 58.1 Å². The van der Waals surface area contributed by atoms with Gasteiger partial charge in [0, 0.05) is 22.4 Å². The van der Waals surface area contributed by atoms with Crippen molar-refractivity contribution < 1.29 is 4.79 Å². The van der Waals surface area contributed by atoms with Crippen LogP contribution in [0.25, 0.3) is 0 Å². The molecule has 0 spiro atoms. The van der Waals surface area contributed by atoms with Gasteiger partial charge in [0.05, 0.1) is 6.54 Å². The maximum Gasteiger partial charge on any atom is 0.243 e. The first-order valence-electron chi connectivity index (χ1n) is 7.52. The normalized spacial score (nSPS) is 13.6. The number of carbonyl (C=O) groups is 1. The van der Waals surface area contributed by atoms with Crippen molar-refractivity contribution in [2.75, 3.05) is 23.3 Å². The van der Waals surface area contributed by atoms with E-state index in [1.54, 1.807) is 0 Å². The molecule has 1 heterocycles. The van der Waals surface area contributed by atoms with Gasteiger partial charge in [0.2, 0.25) is 5.91 Å². The van der Waals surface area contributed by atoms with Gasteiger partial charge in [-0.1, -0.05) is 34.1 Å². The van der Waals surface area contributed by atoms with Crippen molar-refractivity contribution in [3.63, 3.8) is 0 Å². The third kappa shape index (κ3) is 3.33. The number of rotatable bonds is 3. The predicted molar refractivity (Wildman–Crippen MR) is 94.5 cm³/mol. The number of fused-ring (bicyclic) bond motifs is 1. The minimum Gasteiger partial charge on any atom is -0.362 e. The summed E-state index contributed by atoms with van der Waals surface area (Å²) in [7, 11) is 0. The average molecular weight is 359 g/mol. The highest BCUT2D eigenvalue weighted by Gasteiger charge is 2.18. The van der Waals surface area contributed by atoms with Crippen LogP contribution in [0.1, 0.15) is 17.5 Å². The number of hydrogen-bond donors (Lipinski definition) is 1. The molecule has 1 N–H and O–H groups in total. The van der Waals surface area contributed by atoms with E-state index in [2.05, 4.69) is 44.3 Å². The lowest BCUT2D eigenvalue weighted by molar-refractivity contribution is -0.115. The summed E-state index contributed by atoms with van der Waals surface area (Å²) in [6.07, 6.45) is 2.20. The molecule has 4 heteroatoms. The lowest BCUT2D eigenvalue weighted by atomic mass is 10.0. The Hall–Kier alpha value is -1.81. The molecule has 1 amide bonds. The molecule has 0 radical (unpaired) electrons. The van der Waals surface area contributed by atoms with E-state index in [1.807, 2.05) is 31.2 Å². The molecule has 3 rings (SSSR count). The summed E-state index contributed by atoms with van der Waals surface area (Å²) in [5, 5.41) is 3.01. The van der Waals surface area contributed by atoms with E-state index < -0.39 is 0 Å². The zero-order chi connectivity index (χ0) is 15.5. The lowest BCUT2D eigenvalue weighted by Crippen LogP contribution is -2.36. The molecular weight excluding hydrogens is 340 g/mol. The highest BCUT2D eigenvalue weighted by molar-refractivity contribution is 9.10. The monoisotopic (exact) mass is 358 g/mol.